The third kappa shape index (κ3) is 4.35. The van der Waals surface area contributed by atoms with Crippen LogP contribution in [0.15, 0.2) is 0 Å². The summed E-state index contributed by atoms with van der Waals surface area (Å²) in [4.78, 5) is 23.3. The maximum Gasteiger partial charge on any atom is 0.325 e. The van der Waals surface area contributed by atoms with Gasteiger partial charge in [0, 0.05) is 19.6 Å². The summed E-state index contributed by atoms with van der Waals surface area (Å²) in [6, 6.07) is -0.839. The van der Waals surface area contributed by atoms with E-state index in [0.717, 1.165) is 4.90 Å². The number of amides is 4. The highest BCUT2D eigenvalue weighted by molar-refractivity contribution is 5.93. The summed E-state index contributed by atoms with van der Waals surface area (Å²) in [6.07, 6.45) is 0. The molecule has 2 N–H and O–H groups in total. The SMILES string of the molecule is CNC(=O)N(C)C(=O)NC(C)(C)C. The smallest absolute Gasteiger partial charge is 0.325 e. The Morgan fingerprint density at radius 1 is 1.15 bits per heavy atom. The molecule has 0 atom stereocenters. The van der Waals surface area contributed by atoms with E-state index in [1.54, 1.807) is 0 Å². The molecule has 4 amide bonds. The van der Waals surface area contributed by atoms with Crippen molar-refractivity contribution in [1.29, 1.82) is 0 Å². The van der Waals surface area contributed by atoms with Gasteiger partial charge in [-0.3, -0.25) is 0 Å². The second-order valence-electron chi connectivity index (χ2n) is 3.79. The van der Waals surface area contributed by atoms with Gasteiger partial charge in [-0.15, -0.1) is 0 Å². The second kappa shape index (κ2) is 4.11. The Bertz CT molecular complexity index is 208. The Kier molecular flexibility index (Phi) is 3.71. The molecule has 13 heavy (non-hydrogen) atoms. The van der Waals surface area contributed by atoms with Crippen LogP contribution in [-0.2, 0) is 0 Å². The Hall–Kier alpha value is -1.26. The number of carbonyl (C=O) groups excluding carboxylic acids is 2. The van der Waals surface area contributed by atoms with Crippen LogP contribution in [0.3, 0.4) is 0 Å². The zero-order chi connectivity index (χ0) is 10.6. The molecule has 0 aromatic heterocycles. The quantitative estimate of drug-likeness (QED) is 0.588. The predicted octanol–water partition coefficient (Wildman–Crippen LogP) is 0.766. The van der Waals surface area contributed by atoms with Gasteiger partial charge in [0.25, 0.3) is 0 Å². The lowest BCUT2D eigenvalue weighted by molar-refractivity contribution is 0.190. The fourth-order valence-electron chi connectivity index (χ4n) is 0.665. The van der Waals surface area contributed by atoms with Crippen molar-refractivity contribution in [2.24, 2.45) is 0 Å². The van der Waals surface area contributed by atoms with Gasteiger partial charge in [0.05, 0.1) is 0 Å². The molecule has 0 aliphatic heterocycles. The molecule has 76 valence electrons. The van der Waals surface area contributed by atoms with Crippen LogP contribution < -0.4 is 10.6 Å². The fraction of sp³-hybridized carbons (Fsp3) is 0.750. The minimum atomic E-state index is -0.429. The molecule has 0 fully saturated rings. The van der Waals surface area contributed by atoms with Gasteiger partial charge < -0.3 is 10.6 Å². The van der Waals surface area contributed by atoms with Gasteiger partial charge in [-0.05, 0) is 20.8 Å². The van der Waals surface area contributed by atoms with Crippen molar-refractivity contribution in [2.75, 3.05) is 14.1 Å². The third-order valence-electron chi connectivity index (χ3n) is 1.31. The maximum absolute atomic E-state index is 11.3. The number of hydrogen-bond acceptors (Lipinski definition) is 2. The second-order valence-corrected chi connectivity index (χ2v) is 3.79. The first kappa shape index (κ1) is 11.7. The summed E-state index contributed by atoms with van der Waals surface area (Å²) in [5.41, 5.74) is -0.334. The molecule has 0 unspecified atom stereocenters. The average molecular weight is 187 g/mol. The molecule has 0 heterocycles. The average Bonchev–Trinajstić information content (AvgIpc) is 1.98. The lowest BCUT2D eigenvalue weighted by Gasteiger charge is -2.24. The number of urea groups is 2. The molecule has 0 spiro atoms. The van der Waals surface area contributed by atoms with Gasteiger partial charge in [-0.1, -0.05) is 0 Å². The molecule has 0 rings (SSSR count). The molecule has 0 aromatic rings. The van der Waals surface area contributed by atoms with E-state index in [4.69, 9.17) is 0 Å². The van der Waals surface area contributed by atoms with E-state index in [9.17, 15) is 9.59 Å². The molecule has 0 aromatic carbocycles. The highest BCUT2D eigenvalue weighted by atomic mass is 16.2. The van der Waals surface area contributed by atoms with Crippen LogP contribution >= 0.6 is 0 Å². The minimum absolute atomic E-state index is 0.334. The molecule has 0 aliphatic carbocycles. The highest BCUT2D eigenvalue weighted by Crippen LogP contribution is 1.99. The van der Waals surface area contributed by atoms with Crippen molar-refractivity contribution < 1.29 is 9.59 Å². The van der Waals surface area contributed by atoms with Crippen LogP contribution in [0.25, 0.3) is 0 Å². The van der Waals surface area contributed by atoms with Crippen LogP contribution in [0.1, 0.15) is 20.8 Å². The lowest BCUT2D eigenvalue weighted by atomic mass is 10.1. The van der Waals surface area contributed by atoms with Crippen molar-refractivity contribution in [3.63, 3.8) is 0 Å². The molecule has 5 nitrogen and oxygen atoms in total. The normalized spacial score (nSPS) is 10.5. The Morgan fingerprint density at radius 2 is 1.62 bits per heavy atom. The van der Waals surface area contributed by atoms with E-state index >= 15 is 0 Å². The monoisotopic (exact) mass is 187 g/mol. The van der Waals surface area contributed by atoms with Gasteiger partial charge >= 0.3 is 12.1 Å². The molecular formula is C8H17N3O2. The van der Waals surface area contributed by atoms with Crippen LogP contribution in [0.5, 0.6) is 0 Å². The summed E-state index contributed by atoms with van der Waals surface area (Å²) in [6.45, 7) is 5.55. The van der Waals surface area contributed by atoms with Gasteiger partial charge in [-0.2, -0.15) is 0 Å². The first-order valence-corrected chi connectivity index (χ1v) is 4.05. The fourth-order valence-corrected chi connectivity index (χ4v) is 0.665. The van der Waals surface area contributed by atoms with Crippen LogP contribution in [0.2, 0.25) is 0 Å². The van der Waals surface area contributed by atoms with Crippen molar-refractivity contribution in [1.82, 2.24) is 15.5 Å². The summed E-state index contributed by atoms with van der Waals surface area (Å²) in [7, 11) is 2.89. The summed E-state index contributed by atoms with van der Waals surface area (Å²) in [5, 5.41) is 5.02. The predicted molar refractivity (Wildman–Crippen MR) is 50.5 cm³/mol. The van der Waals surface area contributed by atoms with E-state index in [-0.39, 0.29) is 5.54 Å². The van der Waals surface area contributed by atoms with Gasteiger partial charge in [0.2, 0.25) is 0 Å². The van der Waals surface area contributed by atoms with Crippen LogP contribution in [0, 0.1) is 0 Å². The number of nitrogens with one attached hydrogen (secondary N) is 2. The van der Waals surface area contributed by atoms with Crippen molar-refractivity contribution in [3.05, 3.63) is 0 Å². The molecule has 0 bridgehead atoms. The minimum Gasteiger partial charge on any atom is -0.341 e. The van der Waals surface area contributed by atoms with E-state index in [1.807, 2.05) is 20.8 Å². The van der Waals surface area contributed by atoms with E-state index in [1.165, 1.54) is 14.1 Å². The molecule has 0 saturated heterocycles. The summed E-state index contributed by atoms with van der Waals surface area (Å²) < 4.78 is 0. The standard InChI is InChI=1S/C8H17N3O2/c1-8(2,3)10-7(13)11(5)6(12)9-4/h1-5H3,(H,9,12)(H,10,13). The van der Waals surface area contributed by atoms with Gasteiger partial charge in [0.1, 0.15) is 0 Å². The van der Waals surface area contributed by atoms with Gasteiger partial charge in [-0.25, -0.2) is 14.5 Å². The molecule has 0 radical (unpaired) electrons. The van der Waals surface area contributed by atoms with Crippen molar-refractivity contribution in [2.45, 2.75) is 26.3 Å². The molecule has 5 heteroatoms. The highest BCUT2D eigenvalue weighted by Gasteiger charge is 2.20. The van der Waals surface area contributed by atoms with Gasteiger partial charge in [0.15, 0.2) is 0 Å². The number of imide groups is 1. The van der Waals surface area contributed by atoms with Crippen molar-refractivity contribution >= 4 is 12.1 Å². The summed E-state index contributed by atoms with van der Waals surface area (Å²) in [5.74, 6) is 0. The van der Waals surface area contributed by atoms with Crippen LogP contribution in [-0.4, -0.2) is 36.6 Å². The Labute approximate surface area is 78.5 Å². The summed E-state index contributed by atoms with van der Waals surface area (Å²) >= 11 is 0. The molecule has 0 saturated carbocycles. The number of nitrogens with zero attached hydrogens (tertiary/aromatic N) is 1. The van der Waals surface area contributed by atoms with Crippen LogP contribution in [0.4, 0.5) is 9.59 Å². The zero-order valence-corrected chi connectivity index (χ0v) is 8.76. The number of hydrogen-bond donors (Lipinski definition) is 2. The first-order valence-electron chi connectivity index (χ1n) is 4.05. The van der Waals surface area contributed by atoms with E-state index in [0.29, 0.717) is 0 Å². The van der Waals surface area contributed by atoms with E-state index < -0.39 is 12.1 Å². The number of carbonyl (C=O) groups is 2. The van der Waals surface area contributed by atoms with Crippen molar-refractivity contribution in [3.8, 4) is 0 Å². The lowest BCUT2D eigenvalue weighted by Crippen LogP contribution is -2.51. The third-order valence-corrected chi connectivity index (χ3v) is 1.31. The van der Waals surface area contributed by atoms with E-state index in [2.05, 4.69) is 10.6 Å². The topological polar surface area (TPSA) is 61.4 Å². The zero-order valence-electron chi connectivity index (χ0n) is 8.76. The Morgan fingerprint density at radius 3 is 1.92 bits per heavy atom. The first-order chi connectivity index (χ1) is 5.78. The number of rotatable bonds is 0. The molecule has 0 aliphatic rings. The Balaban J connectivity index is 4.20. The maximum atomic E-state index is 11.3. The largest absolute Gasteiger partial charge is 0.341 e. The molecular weight excluding hydrogens is 170 g/mol.